The molecule has 6 nitrogen and oxygen atoms in total. The van der Waals surface area contributed by atoms with Crippen molar-refractivity contribution in [2.75, 3.05) is 19.7 Å². The van der Waals surface area contributed by atoms with Crippen LogP contribution in [-0.4, -0.2) is 47.7 Å². The van der Waals surface area contributed by atoms with Crippen LogP contribution in [0.25, 0.3) is 0 Å². The molecule has 1 aromatic carbocycles. The molecule has 1 rings (SSSR count). The second-order valence-corrected chi connectivity index (χ2v) is 4.67. The third-order valence-electron chi connectivity index (χ3n) is 3.08. The van der Waals surface area contributed by atoms with Crippen LogP contribution in [0, 0.1) is 0 Å². The van der Waals surface area contributed by atoms with Crippen LogP contribution in [0.5, 0.6) is 5.75 Å². The number of carbonyl (C=O) groups excluding carboxylic acids is 1. The SMILES string of the molecule is CCC(C)N(CC(=O)O)C(=O)NCCOc1ccccc1. The van der Waals surface area contributed by atoms with E-state index in [1.54, 1.807) is 0 Å². The highest BCUT2D eigenvalue weighted by Crippen LogP contribution is 2.07. The molecule has 6 heteroatoms. The number of carboxylic acids is 1. The van der Waals surface area contributed by atoms with Gasteiger partial charge in [-0.15, -0.1) is 0 Å². The molecule has 0 fully saturated rings. The summed E-state index contributed by atoms with van der Waals surface area (Å²) in [6.45, 7) is 4.08. The second kappa shape index (κ2) is 8.84. The third kappa shape index (κ3) is 6.16. The predicted octanol–water partition coefficient (Wildman–Crippen LogP) is 1.96. The van der Waals surface area contributed by atoms with Gasteiger partial charge in [0.05, 0.1) is 6.54 Å². The van der Waals surface area contributed by atoms with E-state index in [4.69, 9.17) is 9.84 Å². The fourth-order valence-electron chi connectivity index (χ4n) is 1.74. The van der Waals surface area contributed by atoms with Crippen molar-refractivity contribution in [3.8, 4) is 5.75 Å². The zero-order chi connectivity index (χ0) is 15.7. The second-order valence-electron chi connectivity index (χ2n) is 4.67. The first-order chi connectivity index (χ1) is 10.0. The Morgan fingerprint density at radius 3 is 2.57 bits per heavy atom. The van der Waals surface area contributed by atoms with Crippen molar-refractivity contribution in [3.63, 3.8) is 0 Å². The summed E-state index contributed by atoms with van der Waals surface area (Å²) in [5.74, 6) is -0.290. The van der Waals surface area contributed by atoms with Crippen LogP contribution in [0.4, 0.5) is 4.79 Å². The van der Waals surface area contributed by atoms with E-state index >= 15 is 0 Å². The average molecular weight is 294 g/mol. The number of carboxylic acid groups (broad SMARTS) is 1. The fourth-order valence-corrected chi connectivity index (χ4v) is 1.74. The standard InChI is InChI=1S/C15H22N2O4/c1-3-12(2)17(11-14(18)19)15(20)16-9-10-21-13-7-5-4-6-8-13/h4-8,12H,3,9-11H2,1-2H3,(H,16,20)(H,18,19). The van der Waals surface area contributed by atoms with Gasteiger partial charge in [0.15, 0.2) is 0 Å². The number of nitrogens with one attached hydrogen (secondary N) is 1. The first kappa shape index (κ1) is 16.8. The van der Waals surface area contributed by atoms with Crippen molar-refractivity contribution >= 4 is 12.0 Å². The number of carbonyl (C=O) groups is 2. The van der Waals surface area contributed by atoms with E-state index in [9.17, 15) is 9.59 Å². The summed E-state index contributed by atoms with van der Waals surface area (Å²) in [7, 11) is 0. The van der Waals surface area contributed by atoms with Gasteiger partial charge in [0.1, 0.15) is 18.9 Å². The van der Waals surface area contributed by atoms with Crippen molar-refractivity contribution in [1.82, 2.24) is 10.2 Å². The quantitative estimate of drug-likeness (QED) is 0.718. The Labute approximate surface area is 124 Å². The average Bonchev–Trinajstić information content (AvgIpc) is 2.49. The number of aliphatic carboxylic acids is 1. The Bertz CT molecular complexity index is 450. The zero-order valence-corrected chi connectivity index (χ0v) is 12.4. The molecule has 0 spiro atoms. The highest BCUT2D eigenvalue weighted by atomic mass is 16.5. The van der Waals surface area contributed by atoms with Crippen LogP contribution in [0.2, 0.25) is 0 Å². The van der Waals surface area contributed by atoms with E-state index in [0.29, 0.717) is 19.6 Å². The van der Waals surface area contributed by atoms with Crippen LogP contribution in [0.3, 0.4) is 0 Å². The highest BCUT2D eigenvalue weighted by Gasteiger charge is 2.20. The number of nitrogens with zero attached hydrogens (tertiary/aromatic N) is 1. The van der Waals surface area contributed by atoms with Crippen molar-refractivity contribution in [2.45, 2.75) is 26.3 Å². The number of hydrogen-bond acceptors (Lipinski definition) is 3. The maximum Gasteiger partial charge on any atom is 0.323 e. The van der Waals surface area contributed by atoms with Gasteiger partial charge >= 0.3 is 12.0 Å². The zero-order valence-electron chi connectivity index (χ0n) is 12.4. The number of ether oxygens (including phenoxy) is 1. The predicted molar refractivity (Wildman–Crippen MR) is 79.4 cm³/mol. The molecule has 2 N–H and O–H groups in total. The van der Waals surface area contributed by atoms with E-state index in [2.05, 4.69) is 5.32 Å². The molecule has 0 heterocycles. The molecule has 0 aliphatic rings. The van der Waals surface area contributed by atoms with Gasteiger partial charge in [0.25, 0.3) is 0 Å². The van der Waals surface area contributed by atoms with E-state index in [1.807, 2.05) is 44.2 Å². The van der Waals surface area contributed by atoms with Crippen molar-refractivity contribution in [3.05, 3.63) is 30.3 Å². The summed E-state index contributed by atoms with van der Waals surface area (Å²) >= 11 is 0. The molecule has 0 saturated carbocycles. The largest absolute Gasteiger partial charge is 0.492 e. The summed E-state index contributed by atoms with van der Waals surface area (Å²) in [6, 6.07) is 8.77. The monoisotopic (exact) mass is 294 g/mol. The van der Waals surface area contributed by atoms with Gasteiger partial charge < -0.3 is 20.1 Å². The van der Waals surface area contributed by atoms with Crippen LogP contribution in [0.1, 0.15) is 20.3 Å². The van der Waals surface area contributed by atoms with Gasteiger partial charge in [-0.1, -0.05) is 25.1 Å². The minimum absolute atomic E-state index is 0.129. The van der Waals surface area contributed by atoms with Gasteiger partial charge in [-0.2, -0.15) is 0 Å². The Hall–Kier alpha value is -2.24. The van der Waals surface area contributed by atoms with Crippen molar-refractivity contribution < 1.29 is 19.4 Å². The minimum atomic E-state index is -1.02. The molecule has 0 bridgehead atoms. The van der Waals surface area contributed by atoms with Gasteiger partial charge in [-0.3, -0.25) is 4.79 Å². The molecule has 0 saturated heterocycles. The summed E-state index contributed by atoms with van der Waals surface area (Å²) in [5.41, 5.74) is 0. The maximum absolute atomic E-state index is 12.0. The number of urea groups is 1. The van der Waals surface area contributed by atoms with Crippen molar-refractivity contribution in [1.29, 1.82) is 0 Å². The Morgan fingerprint density at radius 2 is 2.00 bits per heavy atom. The molecule has 0 radical (unpaired) electrons. The van der Waals surface area contributed by atoms with Crippen LogP contribution >= 0.6 is 0 Å². The van der Waals surface area contributed by atoms with Gasteiger partial charge in [-0.05, 0) is 25.5 Å². The number of hydrogen-bond donors (Lipinski definition) is 2. The minimum Gasteiger partial charge on any atom is -0.492 e. The molecule has 2 amide bonds. The third-order valence-corrected chi connectivity index (χ3v) is 3.08. The number of amides is 2. The summed E-state index contributed by atoms with van der Waals surface area (Å²) in [4.78, 5) is 24.1. The molecule has 0 aromatic heterocycles. The first-order valence-corrected chi connectivity index (χ1v) is 6.98. The summed E-state index contributed by atoms with van der Waals surface area (Å²) in [5, 5.41) is 11.5. The normalized spacial score (nSPS) is 11.5. The molecule has 1 unspecified atom stereocenters. The molecular formula is C15H22N2O4. The van der Waals surface area contributed by atoms with Gasteiger partial charge in [0, 0.05) is 6.04 Å². The lowest BCUT2D eigenvalue weighted by atomic mass is 10.2. The maximum atomic E-state index is 12.0. The van der Waals surface area contributed by atoms with E-state index in [0.717, 1.165) is 5.75 Å². The number of benzene rings is 1. The van der Waals surface area contributed by atoms with E-state index < -0.39 is 5.97 Å². The Kier molecular flexibility index (Phi) is 7.08. The van der Waals surface area contributed by atoms with Crippen LogP contribution < -0.4 is 10.1 Å². The molecular weight excluding hydrogens is 272 g/mol. The molecule has 0 aliphatic heterocycles. The Balaban J connectivity index is 2.37. The molecule has 0 aliphatic carbocycles. The van der Waals surface area contributed by atoms with E-state index in [1.165, 1.54) is 4.90 Å². The number of rotatable bonds is 8. The molecule has 116 valence electrons. The van der Waals surface area contributed by atoms with Crippen LogP contribution in [0.15, 0.2) is 30.3 Å². The highest BCUT2D eigenvalue weighted by molar-refractivity contribution is 5.80. The fraction of sp³-hybridized carbons (Fsp3) is 0.467. The molecule has 1 atom stereocenters. The number of para-hydroxylation sites is 1. The Morgan fingerprint density at radius 1 is 1.33 bits per heavy atom. The molecule has 21 heavy (non-hydrogen) atoms. The summed E-state index contributed by atoms with van der Waals surface area (Å²) in [6.07, 6.45) is 0.696. The topological polar surface area (TPSA) is 78.9 Å². The summed E-state index contributed by atoms with van der Waals surface area (Å²) < 4.78 is 5.45. The smallest absolute Gasteiger partial charge is 0.323 e. The lowest BCUT2D eigenvalue weighted by molar-refractivity contribution is -0.138. The molecule has 1 aromatic rings. The van der Waals surface area contributed by atoms with E-state index in [-0.39, 0.29) is 18.6 Å². The van der Waals surface area contributed by atoms with Crippen LogP contribution in [-0.2, 0) is 4.79 Å². The van der Waals surface area contributed by atoms with Crippen molar-refractivity contribution in [2.24, 2.45) is 0 Å². The lowest BCUT2D eigenvalue weighted by Gasteiger charge is -2.27. The lowest BCUT2D eigenvalue weighted by Crippen LogP contribution is -2.48. The van der Waals surface area contributed by atoms with Gasteiger partial charge in [-0.25, -0.2) is 4.79 Å². The van der Waals surface area contributed by atoms with Gasteiger partial charge in [0.2, 0.25) is 0 Å². The first-order valence-electron chi connectivity index (χ1n) is 6.98.